The normalized spacial score (nSPS) is 15.2. The summed E-state index contributed by atoms with van der Waals surface area (Å²) in [6.07, 6.45) is 2.98. The fraction of sp³-hybridized carbons (Fsp3) is 0.588. The van der Waals surface area contributed by atoms with Gasteiger partial charge < -0.3 is 31.8 Å². The first kappa shape index (κ1) is 23.1. The molecule has 0 radical (unpaired) electrons. The van der Waals surface area contributed by atoms with E-state index in [4.69, 9.17) is 10.8 Å². The molecular weight excluding hydrogens is 368 g/mol. The zero-order chi connectivity index (χ0) is 21.4. The Kier molecular flexibility index (Phi) is 8.58. The second kappa shape index (κ2) is 10.4. The third-order valence-corrected chi connectivity index (χ3v) is 4.00. The number of carboxylic acids is 1. The maximum absolute atomic E-state index is 12.7. The van der Waals surface area contributed by atoms with Crippen molar-refractivity contribution in [3.05, 3.63) is 18.2 Å². The maximum Gasteiger partial charge on any atom is 0.325 e. The Labute approximate surface area is 162 Å². The highest BCUT2D eigenvalue weighted by Crippen LogP contribution is 2.06. The van der Waals surface area contributed by atoms with Gasteiger partial charge in [0, 0.05) is 18.3 Å². The Morgan fingerprint density at radius 3 is 2.18 bits per heavy atom. The van der Waals surface area contributed by atoms with Crippen LogP contribution in [0.1, 0.15) is 33.4 Å². The number of carbonyl (C=O) groups is 4. The molecule has 28 heavy (non-hydrogen) atoms. The van der Waals surface area contributed by atoms with E-state index >= 15 is 0 Å². The molecule has 1 heterocycles. The van der Waals surface area contributed by atoms with Gasteiger partial charge in [-0.15, -0.1) is 0 Å². The zero-order valence-electron chi connectivity index (χ0n) is 16.4. The van der Waals surface area contributed by atoms with Gasteiger partial charge in [0.2, 0.25) is 17.7 Å². The molecule has 0 aliphatic carbocycles. The first-order valence-electron chi connectivity index (χ1n) is 8.89. The molecule has 0 aliphatic rings. The lowest BCUT2D eigenvalue weighted by molar-refractivity contribution is -0.141. The van der Waals surface area contributed by atoms with Crippen LogP contribution < -0.4 is 21.7 Å². The number of hydrogen-bond acceptors (Lipinski definition) is 6. The van der Waals surface area contributed by atoms with Gasteiger partial charge in [-0.25, -0.2) is 4.98 Å². The Hall–Kier alpha value is -2.95. The molecule has 0 spiro atoms. The van der Waals surface area contributed by atoms with Gasteiger partial charge >= 0.3 is 5.97 Å². The maximum atomic E-state index is 12.7. The van der Waals surface area contributed by atoms with Crippen molar-refractivity contribution < 1.29 is 24.3 Å². The number of carbonyl (C=O) groups excluding carboxylic acids is 3. The van der Waals surface area contributed by atoms with Crippen LogP contribution in [-0.2, 0) is 25.6 Å². The fourth-order valence-corrected chi connectivity index (χ4v) is 2.28. The van der Waals surface area contributed by atoms with Crippen molar-refractivity contribution in [2.24, 2.45) is 11.7 Å². The van der Waals surface area contributed by atoms with E-state index in [2.05, 4.69) is 25.9 Å². The molecule has 3 amide bonds. The Balaban J connectivity index is 2.95. The third-order valence-electron chi connectivity index (χ3n) is 4.00. The first-order chi connectivity index (χ1) is 13.0. The van der Waals surface area contributed by atoms with E-state index in [-0.39, 0.29) is 12.3 Å². The molecule has 1 rings (SSSR count). The third kappa shape index (κ3) is 6.99. The molecule has 4 atom stereocenters. The van der Waals surface area contributed by atoms with Crippen LogP contribution in [0.3, 0.4) is 0 Å². The van der Waals surface area contributed by atoms with Crippen LogP contribution in [0.4, 0.5) is 0 Å². The van der Waals surface area contributed by atoms with Crippen molar-refractivity contribution in [2.45, 2.75) is 58.3 Å². The second-order valence-electron chi connectivity index (χ2n) is 6.93. The number of H-pyrrole nitrogens is 1. The molecule has 7 N–H and O–H groups in total. The minimum atomic E-state index is -1.20. The molecule has 11 nitrogen and oxygen atoms in total. The largest absolute Gasteiger partial charge is 0.480 e. The lowest BCUT2D eigenvalue weighted by Gasteiger charge is -2.26. The van der Waals surface area contributed by atoms with Gasteiger partial charge in [0.1, 0.15) is 18.1 Å². The summed E-state index contributed by atoms with van der Waals surface area (Å²) in [6, 6.07) is -3.91. The molecule has 0 aliphatic heterocycles. The second-order valence-corrected chi connectivity index (χ2v) is 6.93. The minimum absolute atomic E-state index is 0.0654. The summed E-state index contributed by atoms with van der Waals surface area (Å²) in [5.74, 6) is -3.21. The lowest BCUT2D eigenvalue weighted by Crippen LogP contribution is -2.58. The van der Waals surface area contributed by atoms with Crippen molar-refractivity contribution >= 4 is 23.7 Å². The van der Waals surface area contributed by atoms with Gasteiger partial charge in [0.15, 0.2) is 0 Å². The van der Waals surface area contributed by atoms with E-state index in [0.29, 0.717) is 5.69 Å². The number of nitrogens with zero attached hydrogens (tertiary/aromatic N) is 1. The predicted molar refractivity (Wildman–Crippen MR) is 99.9 cm³/mol. The summed E-state index contributed by atoms with van der Waals surface area (Å²) in [7, 11) is 0. The van der Waals surface area contributed by atoms with E-state index in [1.54, 1.807) is 13.8 Å². The summed E-state index contributed by atoms with van der Waals surface area (Å²) in [5, 5.41) is 16.4. The molecule has 4 unspecified atom stereocenters. The molecule has 1 aromatic rings. The highest BCUT2D eigenvalue weighted by Gasteiger charge is 2.30. The van der Waals surface area contributed by atoms with Crippen molar-refractivity contribution in [3.63, 3.8) is 0 Å². The van der Waals surface area contributed by atoms with Crippen molar-refractivity contribution in [3.8, 4) is 0 Å². The number of aromatic amines is 1. The lowest BCUT2D eigenvalue weighted by atomic mass is 10.0. The van der Waals surface area contributed by atoms with Crippen LogP contribution in [0.25, 0.3) is 0 Å². The number of nitrogens with two attached hydrogens (primary N) is 1. The smallest absolute Gasteiger partial charge is 0.325 e. The van der Waals surface area contributed by atoms with Crippen LogP contribution >= 0.6 is 0 Å². The van der Waals surface area contributed by atoms with Gasteiger partial charge in [0.05, 0.1) is 12.4 Å². The zero-order valence-corrected chi connectivity index (χ0v) is 16.4. The summed E-state index contributed by atoms with van der Waals surface area (Å²) in [6.45, 7) is 6.28. The first-order valence-corrected chi connectivity index (χ1v) is 8.89. The van der Waals surface area contributed by atoms with Crippen LogP contribution in [0.15, 0.2) is 12.5 Å². The van der Waals surface area contributed by atoms with Gasteiger partial charge in [-0.05, 0) is 19.8 Å². The summed E-state index contributed by atoms with van der Waals surface area (Å²) in [5.41, 5.74) is 6.11. The van der Waals surface area contributed by atoms with Crippen LogP contribution in [0.5, 0.6) is 0 Å². The topological polar surface area (TPSA) is 179 Å². The molecule has 0 saturated carbocycles. The number of nitrogens with one attached hydrogen (secondary N) is 4. The Morgan fingerprint density at radius 1 is 1.07 bits per heavy atom. The quantitative estimate of drug-likeness (QED) is 0.279. The van der Waals surface area contributed by atoms with E-state index < -0.39 is 47.9 Å². The monoisotopic (exact) mass is 396 g/mol. The van der Waals surface area contributed by atoms with Crippen LogP contribution in [0, 0.1) is 5.92 Å². The average Bonchev–Trinajstić information content (AvgIpc) is 3.10. The molecular formula is C17H28N6O5. The van der Waals surface area contributed by atoms with E-state index in [0.717, 1.165) is 0 Å². The average molecular weight is 396 g/mol. The summed E-state index contributed by atoms with van der Waals surface area (Å²) >= 11 is 0. The SMILES string of the molecule is CC(N)C(=O)NC(C(=O)NC(Cc1cnc[nH]1)C(=O)NC(C)C(=O)O)C(C)C. The Bertz CT molecular complexity index is 688. The van der Waals surface area contributed by atoms with Gasteiger partial charge in [0.25, 0.3) is 0 Å². The fourth-order valence-electron chi connectivity index (χ4n) is 2.28. The standard InChI is InChI=1S/C17H28N6O5/c1-8(2)13(23-14(24)9(3)18)16(26)22-12(5-11-6-19-7-20-11)15(25)21-10(4)17(27)28/h6-10,12-13H,5,18H2,1-4H3,(H,19,20)(H,21,25)(H,22,26)(H,23,24)(H,27,28). The molecule has 0 saturated heterocycles. The molecule has 11 heteroatoms. The van der Waals surface area contributed by atoms with Gasteiger partial charge in [-0.1, -0.05) is 13.8 Å². The van der Waals surface area contributed by atoms with Crippen molar-refractivity contribution in [2.75, 3.05) is 0 Å². The summed E-state index contributed by atoms with van der Waals surface area (Å²) < 4.78 is 0. The number of hydrogen-bond donors (Lipinski definition) is 6. The number of aliphatic carboxylic acids is 1. The molecule has 0 fully saturated rings. The van der Waals surface area contributed by atoms with E-state index in [9.17, 15) is 19.2 Å². The highest BCUT2D eigenvalue weighted by atomic mass is 16.4. The van der Waals surface area contributed by atoms with Gasteiger partial charge in [-0.2, -0.15) is 0 Å². The number of amides is 3. The van der Waals surface area contributed by atoms with Crippen LogP contribution in [-0.4, -0.2) is 62.9 Å². The number of rotatable bonds is 10. The molecule has 0 aromatic carbocycles. The molecule has 156 valence electrons. The number of imidazole rings is 1. The number of carboxylic acid groups (broad SMARTS) is 1. The van der Waals surface area contributed by atoms with Crippen molar-refractivity contribution in [1.82, 2.24) is 25.9 Å². The highest BCUT2D eigenvalue weighted by molar-refractivity contribution is 5.94. The number of aromatic nitrogens is 2. The predicted octanol–water partition coefficient (Wildman–Crippen LogP) is -1.49. The minimum Gasteiger partial charge on any atom is -0.480 e. The molecule has 0 bridgehead atoms. The van der Waals surface area contributed by atoms with Crippen LogP contribution in [0.2, 0.25) is 0 Å². The van der Waals surface area contributed by atoms with Gasteiger partial charge in [-0.3, -0.25) is 19.2 Å². The van der Waals surface area contributed by atoms with E-state index in [1.165, 1.54) is 26.4 Å². The van der Waals surface area contributed by atoms with Crippen molar-refractivity contribution in [1.29, 1.82) is 0 Å². The summed E-state index contributed by atoms with van der Waals surface area (Å²) in [4.78, 5) is 54.8. The van der Waals surface area contributed by atoms with E-state index in [1.807, 2.05) is 0 Å². The Morgan fingerprint density at radius 2 is 1.71 bits per heavy atom. The molecule has 1 aromatic heterocycles.